The summed E-state index contributed by atoms with van der Waals surface area (Å²) in [6.07, 6.45) is 0. The first-order chi connectivity index (χ1) is 10.8. The van der Waals surface area contributed by atoms with E-state index in [9.17, 15) is 0 Å². The third-order valence-electron chi connectivity index (χ3n) is 4.50. The SMILES string of the molecule is Bc1ccc2c(c1)oc1c3ccccc3c3ccccc3c21. The molecule has 0 saturated carbocycles. The highest BCUT2D eigenvalue weighted by Crippen LogP contribution is 2.40. The molecule has 5 rings (SSSR count). The molecule has 1 nitrogen and oxygen atoms in total. The summed E-state index contributed by atoms with van der Waals surface area (Å²) in [5, 5.41) is 7.41. The molecule has 0 atom stereocenters. The smallest absolute Gasteiger partial charge is 0.143 e. The van der Waals surface area contributed by atoms with Gasteiger partial charge in [0.15, 0.2) is 0 Å². The van der Waals surface area contributed by atoms with Crippen LogP contribution in [0, 0.1) is 0 Å². The van der Waals surface area contributed by atoms with Crippen LogP contribution < -0.4 is 5.46 Å². The summed E-state index contributed by atoms with van der Waals surface area (Å²) in [6.45, 7) is 0. The predicted molar refractivity (Wildman–Crippen MR) is 96.9 cm³/mol. The Labute approximate surface area is 128 Å². The lowest BCUT2D eigenvalue weighted by molar-refractivity contribution is 0.673. The molecule has 1 heterocycles. The fourth-order valence-electron chi connectivity index (χ4n) is 3.51. The number of hydrogen-bond acceptors (Lipinski definition) is 1. The van der Waals surface area contributed by atoms with Crippen molar-refractivity contribution in [3.63, 3.8) is 0 Å². The predicted octanol–water partition coefficient (Wildman–Crippen LogP) is 4.15. The topological polar surface area (TPSA) is 13.1 Å². The molecule has 1 aromatic heterocycles. The van der Waals surface area contributed by atoms with Gasteiger partial charge in [0.05, 0.1) is 0 Å². The van der Waals surface area contributed by atoms with Crippen molar-refractivity contribution in [2.45, 2.75) is 0 Å². The van der Waals surface area contributed by atoms with E-state index in [1.165, 1.54) is 37.8 Å². The summed E-state index contributed by atoms with van der Waals surface area (Å²) in [6, 6.07) is 23.6. The standard InChI is InChI=1S/C20H13BO/c21-12-9-10-17-18(11-12)22-20-16-8-4-2-6-14(16)13-5-1-3-7-15(13)19(17)20/h1-11H,21H2. The van der Waals surface area contributed by atoms with Crippen LogP contribution in [0.5, 0.6) is 0 Å². The second kappa shape index (κ2) is 4.14. The minimum absolute atomic E-state index is 0.969. The van der Waals surface area contributed by atoms with E-state index in [0.29, 0.717) is 0 Å². The van der Waals surface area contributed by atoms with Gasteiger partial charge >= 0.3 is 0 Å². The summed E-state index contributed by atoms with van der Waals surface area (Å²) in [4.78, 5) is 0. The van der Waals surface area contributed by atoms with Gasteiger partial charge in [-0.25, -0.2) is 0 Å². The van der Waals surface area contributed by atoms with E-state index in [1.54, 1.807) is 0 Å². The summed E-state index contributed by atoms with van der Waals surface area (Å²) in [5.41, 5.74) is 3.19. The average molecular weight is 280 g/mol. The zero-order valence-electron chi connectivity index (χ0n) is 12.3. The maximum Gasteiger partial charge on any atom is 0.143 e. The van der Waals surface area contributed by atoms with Crippen molar-refractivity contribution in [2.24, 2.45) is 0 Å². The van der Waals surface area contributed by atoms with Gasteiger partial charge in [-0.2, -0.15) is 0 Å². The van der Waals surface area contributed by atoms with Crippen LogP contribution in [-0.2, 0) is 0 Å². The molecule has 0 unspecified atom stereocenters. The molecule has 4 aromatic carbocycles. The Balaban J connectivity index is 2.21. The van der Waals surface area contributed by atoms with E-state index in [0.717, 1.165) is 11.2 Å². The van der Waals surface area contributed by atoms with Crippen molar-refractivity contribution < 1.29 is 4.42 Å². The largest absolute Gasteiger partial charge is 0.455 e. The van der Waals surface area contributed by atoms with Gasteiger partial charge in [0.25, 0.3) is 0 Å². The van der Waals surface area contributed by atoms with Crippen LogP contribution in [0.15, 0.2) is 71.1 Å². The quantitative estimate of drug-likeness (QED) is 0.307. The van der Waals surface area contributed by atoms with E-state index >= 15 is 0 Å². The lowest BCUT2D eigenvalue weighted by Gasteiger charge is -2.05. The number of fused-ring (bicyclic) bond motifs is 8. The Bertz CT molecular complexity index is 1180. The molecule has 0 N–H and O–H groups in total. The molecular weight excluding hydrogens is 267 g/mol. The molecule has 2 heteroatoms. The van der Waals surface area contributed by atoms with Gasteiger partial charge in [0.1, 0.15) is 19.0 Å². The van der Waals surface area contributed by atoms with Crippen LogP contribution in [0.2, 0.25) is 0 Å². The lowest BCUT2D eigenvalue weighted by Crippen LogP contribution is -1.98. The molecule has 0 fully saturated rings. The van der Waals surface area contributed by atoms with Crippen molar-refractivity contribution >= 4 is 56.8 Å². The number of rotatable bonds is 0. The zero-order chi connectivity index (χ0) is 14.7. The number of furan rings is 1. The summed E-state index contributed by atoms with van der Waals surface area (Å²) < 4.78 is 6.25. The van der Waals surface area contributed by atoms with Crippen LogP contribution in [0.3, 0.4) is 0 Å². The van der Waals surface area contributed by atoms with E-state index in [1.807, 2.05) is 0 Å². The summed E-state index contributed by atoms with van der Waals surface area (Å²) in [7, 11) is 2.10. The van der Waals surface area contributed by atoms with E-state index < -0.39 is 0 Å². The van der Waals surface area contributed by atoms with Crippen molar-refractivity contribution in [1.82, 2.24) is 0 Å². The second-order valence-electron chi connectivity index (χ2n) is 5.90. The van der Waals surface area contributed by atoms with Gasteiger partial charge in [0, 0.05) is 16.2 Å². The maximum absolute atomic E-state index is 6.25. The molecule has 0 saturated heterocycles. The monoisotopic (exact) mass is 280 g/mol. The van der Waals surface area contributed by atoms with Gasteiger partial charge in [-0.1, -0.05) is 66.1 Å². The second-order valence-corrected chi connectivity index (χ2v) is 5.90. The van der Waals surface area contributed by atoms with Crippen LogP contribution >= 0.6 is 0 Å². The van der Waals surface area contributed by atoms with E-state index in [4.69, 9.17) is 4.42 Å². The van der Waals surface area contributed by atoms with Crippen molar-refractivity contribution in [2.75, 3.05) is 0 Å². The molecule has 0 bridgehead atoms. The fourth-order valence-corrected chi connectivity index (χ4v) is 3.51. The van der Waals surface area contributed by atoms with Crippen molar-refractivity contribution in [3.8, 4) is 0 Å². The van der Waals surface area contributed by atoms with E-state index in [-0.39, 0.29) is 0 Å². The molecule has 0 radical (unpaired) electrons. The fraction of sp³-hybridized carbons (Fsp3) is 0. The molecule has 0 aliphatic rings. The first kappa shape index (κ1) is 11.9. The third-order valence-corrected chi connectivity index (χ3v) is 4.50. The van der Waals surface area contributed by atoms with Crippen LogP contribution in [0.1, 0.15) is 0 Å². The Hall–Kier alpha value is -2.74. The Morgan fingerprint density at radius 3 is 2.05 bits per heavy atom. The van der Waals surface area contributed by atoms with Crippen LogP contribution in [0.4, 0.5) is 0 Å². The Morgan fingerprint density at radius 1 is 0.636 bits per heavy atom. The number of hydrogen-bond donors (Lipinski definition) is 0. The molecular formula is C20H13BO. The van der Waals surface area contributed by atoms with Crippen molar-refractivity contribution in [1.29, 1.82) is 0 Å². The Morgan fingerprint density at radius 2 is 1.27 bits per heavy atom. The average Bonchev–Trinajstić information content (AvgIpc) is 2.94. The third kappa shape index (κ3) is 1.44. The Kier molecular flexibility index (Phi) is 2.23. The molecule has 0 aliphatic carbocycles. The first-order valence-electron chi connectivity index (χ1n) is 7.55. The minimum Gasteiger partial charge on any atom is -0.455 e. The van der Waals surface area contributed by atoms with Gasteiger partial charge in [-0.3, -0.25) is 0 Å². The first-order valence-corrected chi connectivity index (χ1v) is 7.55. The van der Waals surface area contributed by atoms with Crippen molar-refractivity contribution in [3.05, 3.63) is 66.7 Å². The maximum atomic E-state index is 6.25. The lowest BCUT2D eigenvalue weighted by atomic mass is 9.93. The molecule has 0 aliphatic heterocycles. The highest BCUT2D eigenvalue weighted by molar-refractivity contribution is 6.35. The highest BCUT2D eigenvalue weighted by atomic mass is 16.3. The van der Waals surface area contributed by atoms with Gasteiger partial charge in [-0.15, -0.1) is 0 Å². The normalized spacial score (nSPS) is 11.8. The molecule has 102 valence electrons. The van der Waals surface area contributed by atoms with Gasteiger partial charge in [-0.05, 0) is 22.2 Å². The molecule has 5 aromatic rings. The minimum atomic E-state index is 0.969. The number of benzene rings is 4. The molecule has 0 spiro atoms. The van der Waals surface area contributed by atoms with Crippen LogP contribution in [-0.4, -0.2) is 7.85 Å². The van der Waals surface area contributed by atoms with Gasteiger partial charge < -0.3 is 4.42 Å². The van der Waals surface area contributed by atoms with Gasteiger partial charge in [0.2, 0.25) is 0 Å². The highest BCUT2D eigenvalue weighted by Gasteiger charge is 2.14. The summed E-state index contributed by atoms with van der Waals surface area (Å²) >= 11 is 0. The molecule has 0 amide bonds. The molecule has 22 heavy (non-hydrogen) atoms. The van der Waals surface area contributed by atoms with E-state index in [2.05, 4.69) is 74.6 Å². The van der Waals surface area contributed by atoms with Crippen LogP contribution in [0.25, 0.3) is 43.5 Å². The summed E-state index contributed by atoms with van der Waals surface area (Å²) in [5.74, 6) is 0. The zero-order valence-corrected chi connectivity index (χ0v) is 12.3.